The van der Waals surface area contributed by atoms with Crippen LogP contribution in [-0.4, -0.2) is 23.9 Å². The molecular formula is C24H24N2O4. The summed E-state index contributed by atoms with van der Waals surface area (Å²) in [6, 6.07) is 22.0. The SMILES string of the molecule is CC(=O)N[C@@H](CC(=O)O[C@@H](C)C(=O)Nc1ccc2ccccc2c1)c1ccccc1. The molecule has 2 atom stereocenters. The van der Waals surface area contributed by atoms with Crippen molar-refractivity contribution < 1.29 is 19.1 Å². The summed E-state index contributed by atoms with van der Waals surface area (Å²) in [6.07, 6.45) is -1.05. The summed E-state index contributed by atoms with van der Waals surface area (Å²) in [5.74, 6) is -1.24. The fourth-order valence-corrected chi connectivity index (χ4v) is 3.16. The molecule has 0 spiro atoms. The van der Waals surface area contributed by atoms with E-state index in [-0.39, 0.29) is 12.3 Å². The molecule has 0 aliphatic carbocycles. The summed E-state index contributed by atoms with van der Waals surface area (Å²) in [5, 5.41) is 7.59. The number of nitrogens with one attached hydrogen (secondary N) is 2. The maximum Gasteiger partial charge on any atom is 0.309 e. The Bertz CT molecular complexity index is 1050. The van der Waals surface area contributed by atoms with Gasteiger partial charge in [0.1, 0.15) is 0 Å². The lowest BCUT2D eigenvalue weighted by molar-refractivity contribution is -0.153. The van der Waals surface area contributed by atoms with Crippen molar-refractivity contribution in [2.24, 2.45) is 0 Å². The summed E-state index contributed by atoms with van der Waals surface area (Å²) >= 11 is 0. The van der Waals surface area contributed by atoms with E-state index in [9.17, 15) is 14.4 Å². The van der Waals surface area contributed by atoms with Crippen molar-refractivity contribution in [3.63, 3.8) is 0 Å². The van der Waals surface area contributed by atoms with Crippen LogP contribution in [0, 0.1) is 0 Å². The molecule has 3 aromatic carbocycles. The predicted molar refractivity (Wildman–Crippen MR) is 116 cm³/mol. The molecule has 0 aliphatic heterocycles. The quantitative estimate of drug-likeness (QED) is 0.584. The Hall–Kier alpha value is -3.67. The minimum atomic E-state index is -0.974. The fourth-order valence-electron chi connectivity index (χ4n) is 3.16. The van der Waals surface area contributed by atoms with E-state index in [1.807, 2.05) is 66.7 Å². The third kappa shape index (κ3) is 5.67. The second kappa shape index (κ2) is 9.69. The number of amides is 2. The van der Waals surface area contributed by atoms with Crippen molar-refractivity contribution in [1.82, 2.24) is 5.32 Å². The van der Waals surface area contributed by atoms with Gasteiger partial charge in [-0.2, -0.15) is 0 Å². The van der Waals surface area contributed by atoms with Crippen LogP contribution >= 0.6 is 0 Å². The molecular weight excluding hydrogens is 380 g/mol. The molecule has 3 rings (SSSR count). The fraction of sp³-hybridized carbons (Fsp3) is 0.208. The minimum absolute atomic E-state index is 0.0722. The van der Waals surface area contributed by atoms with Gasteiger partial charge in [0.2, 0.25) is 5.91 Å². The number of esters is 1. The zero-order chi connectivity index (χ0) is 21.5. The van der Waals surface area contributed by atoms with Crippen LogP contribution in [0.25, 0.3) is 10.8 Å². The molecule has 0 saturated heterocycles. The van der Waals surface area contributed by atoms with Crippen LogP contribution in [0.3, 0.4) is 0 Å². The van der Waals surface area contributed by atoms with Crippen LogP contribution in [0.5, 0.6) is 0 Å². The van der Waals surface area contributed by atoms with Crippen LogP contribution in [0.1, 0.15) is 31.9 Å². The van der Waals surface area contributed by atoms with E-state index in [0.29, 0.717) is 5.69 Å². The van der Waals surface area contributed by atoms with Crippen molar-refractivity contribution in [2.75, 3.05) is 5.32 Å². The van der Waals surface area contributed by atoms with Crippen molar-refractivity contribution in [2.45, 2.75) is 32.4 Å². The third-order valence-electron chi connectivity index (χ3n) is 4.64. The van der Waals surface area contributed by atoms with Gasteiger partial charge in [-0.3, -0.25) is 14.4 Å². The number of ether oxygens (including phenoxy) is 1. The first kappa shape index (κ1) is 21.0. The summed E-state index contributed by atoms with van der Waals surface area (Å²) in [5.41, 5.74) is 1.42. The van der Waals surface area contributed by atoms with E-state index >= 15 is 0 Å². The number of rotatable bonds is 7. The summed E-state index contributed by atoms with van der Waals surface area (Å²) in [6.45, 7) is 2.91. The van der Waals surface area contributed by atoms with Gasteiger partial charge in [0, 0.05) is 12.6 Å². The van der Waals surface area contributed by atoms with Gasteiger partial charge < -0.3 is 15.4 Å². The normalized spacial score (nSPS) is 12.6. The van der Waals surface area contributed by atoms with Gasteiger partial charge in [-0.05, 0) is 35.4 Å². The minimum Gasteiger partial charge on any atom is -0.452 e. The molecule has 0 radical (unpaired) electrons. The van der Waals surface area contributed by atoms with Gasteiger partial charge in [-0.1, -0.05) is 60.7 Å². The Morgan fingerprint density at radius 1 is 0.900 bits per heavy atom. The van der Waals surface area contributed by atoms with Gasteiger partial charge in [-0.15, -0.1) is 0 Å². The summed E-state index contributed by atoms with van der Waals surface area (Å²) in [7, 11) is 0. The standard InChI is InChI=1S/C24H24N2O4/c1-16(24(29)26-21-13-12-18-8-6-7-11-20(18)14-21)30-23(28)15-22(25-17(2)27)19-9-4-3-5-10-19/h3-14,16,22H,15H2,1-2H3,(H,25,27)(H,26,29)/t16-,22-/m0/s1. The molecule has 0 aromatic heterocycles. The smallest absolute Gasteiger partial charge is 0.309 e. The second-order valence-corrected chi connectivity index (χ2v) is 7.05. The van der Waals surface area contributed by atoms with Crippen molar-refractivity contribution in [1.29, 1.82) is 0 Å². The Kier molecular flexibility index (Phi) is 6.80. The first-order valence-electron chi connectivity index (χ1n) is 9.73. The number of hydrogen-bond donors (Lipinski definition) is 2. The second-order valence-electron chi connectivity index (χ2n) is 7.05. The predicted octanol–water partition coefficient (Wildman–Crippen LogP) is 3.98. The molecule has 0 aliphatic rings. The van der Waals surface area contributed by atoms with Crippen LogP contribution in [0.15, 0.2) is 72.8 Å². The maximum absolute atomic E-state index is 12.5. The molecule has 2 amide bonds. The average Bonchev–Trinajstić information content (AvgIpc) is 2.73. The van der Waals surface area contributed by atoms with Crippen LogP contribution in [0.2, 0.25) is 0 Å². The van der Waals surface area contributed by atoms with Gasteiger partial charge in [-0.25, -0.2) is 0 Å². The molecule has 154 valence electrons. The van der Waals surface area contributed by atoms with Crippen molar-refractivity contribution >= 4 is 34.2 Å². The Labute approximate surface area is 175 Å². The van der Waals surface area contributed by atoms with Gasteiger partial charge in [0.05, 0.1) is 12.5 Å². The molecule has 2 N–H and O–H groups in total. The van der Waals surface area contributed by atoms with E-state index in [4.69, 9.17) is 4.74 Å². The Balaban J connectivity index is 1.60. The Morgan fingerprint density at radius 3 is 2.27 bits per heavy atom. The molecule has 0 heterocycles. The molecule has 0 unspecified atom stereocenters. The van der Waals surface area contributed by atoms with E-state index in [1.165, 1.54) is 13.8 Å². The molecule has 3 aromatic rings. The number of carbonyl (C=O) groups excluding carboxylic acids is 3. The summed E-state index contributed by atoms with van der Waals surface area (Å²) < 4.78 is 5.30. The topological polar surface area (TPSA) is 84.5 Å². The highest BCUT2D eigenvalue weighted by Gasteiger charge is 2.22. The molecule has 6 nitrogen and oxygen atoms in total. The highest BCUT2D eigenvalue weighted by molar-refractivity contribution is 5.97. The molecule has 30 heavy (non-hydrogen) atoms. The zero-order valence-electron chi connectivity index (χ0n) is 16.9. The zero-order valence-corrected chi connectivity index (χ0v) is 16.9. The van der Waals surface area contributed by atoms with Crippen LogP contribution < -0.4 is 10.6 Å². The molecule has 6 heteroatoms. The van der Waals surface area contributed by atoms with Gasteiger partial charge in [0.15, 0.2) is 6.10 Å². The van der Waals surface area contributed by atoms with E-state index in [2.05, 4.69) is 10.6 Å². The first-order valence-corrected chi connectivity index (χ1v) is 9.73. The third-order valence-corrected chi connectivity index (χ3v) is 4.64. The maximum atomic E-state index is 12.5. The van der Waals surface area contributed by atoms with Crippen LogP contribution in [0.4, 0.5) is 5.69 Å². The number of hydrogen-bond acceptors (Lipinski definition) is 4. The molecule has 0 saturated carbocycles. The van der Waals surface area contributed by atoms with Crippen molar-refractivity contribution in [3.8, 4) is 0 Å². The number of carbonyl (C=O) groups is 3. The summed E-state index contributed by atoms with van der Waals surface area (Å²) in [4.78, 5) is 36.4. The lowest BCUT2D eigenvalue weighted by Gasteiger charge is -2.19. The molecule has 0 bridgehead atoms. The highest BCUT2D eigenvalue weighted by Crippen LogP contribution is 2.20. The molecule has 0 fully saturated rings. The van der Waals surface area contributed by atoms with E-state index < -0.39 is 24.0 Å². The number of anilines is 1. The van der Waals surface area contributed by atoms with E-state index in [1.54, 1.807) is 6.07 Å². The van der Waals surface area contributed by atoms with Crippen LogP contribution in [-0.2, 0) is 19.1 Å². The van der Waals surface area contributed by atoms with Gasteiger partial charge in [0.25, 0.3) is 5.91 Å². The lowest BCUT2D eigenvalue weighted by Crippen LogP contribution is -2.33. The van der Waals surface area contributed by atoms with Gasteiger partial charge >= 0.3 is 5.97 Å². The highest BCUT2D eigenvalue weighted by atomic mass is 16.5. The Morgan fingerprint density at radius 2 is 1.57 bits per heavy atom. The number of fused-ring (bicyclic) bond motifs is 1. The average molecular weight is 404 g/mol. The first-order chi connectivity index (χ1) is 14.4. The van der Waals surface area contributed by atoms with Crippen molar-refractivity contribution in [3.05, 3.63) is 78.4 Å². The number of benzene rings is 3. The monoisotopic (exact) mass is 404 g/mol. The van der Waals surface area contributed by atoms with E-state index in [0.717, 1.165) is 16.3 Å². The lowest BCUT2D eigenvalue weighted by atomic mass is 10.0. The largest absolute Gasteiger partial charge is 0.452 e.